The molecule has 20 heavy (non-hydrogen) atoms. The number of carbonyl (C=O) groups is 1. The van der Waals surface area contributed by atoms with Gasteiger partial charge in [-0.1, -0.05) is 11.2 Å². The topological polar surface area (TPSA) is 80.0 Å². The second kappa shape index (κ2) is 5.42. The maximum Gasteiger partial charge on any atom is 0.251 e. The molecule has 0 bridgehead atoms. The molecule has 0 aliphatic carbocycles. The van der Waals surface area contributed by atoms with Crippen molar-refractivity contribution in [1.29, 1.82) is 0 Å². The predicted molar refractivity (Wildman–Crippen MR) is 72.1 cm³/mol. The summed E-state index contributed by atoms with van der Waals surface area (Å²) in [5, 5.41) is 9.84. The number of fused-ring (bicyclic) bond motifs is 1. The quantitative estimate of drug-likeness (QED) is 0.869. The Labute approximate surface area is 116 Å². The number of hydrogen-bond acceptors (Lipinski definition) is 5. The average Bonchev–Trinajstić information content (AvgIpc) is 2.90. The van der Waals surface area contributed by atoms with Gasteiger partial charge in [-0.2, -0.15) is 4.98 Å². The first-order valence-corrected chi connectivity index (χ1v) is 6.62. The Balaban J connectivity index is 1.67. The van der Waals surface area contributed by atoms with Crippen molar-refractivity contribution < 1.29 is 9.32 Å². The van der Waals surface area contributed by atoms with E-state index in [0.29, 0.717) is 17.3 Å². The highest BCUT2D eigenvalue weighted by molar-refractivity contribution is 5.94. The molecule has 6 nitrogen and oxygen atoms in total. The Kier molecular flexibility index (Phi) is 3.47. The van der Waals surface area contributed by atoms with Gasteiger partial charge >= 0.3 is 0 Å². The SMILES string of the molecule is Cc1nc(CNC(=O)c2ccc3c(c2)CNCC3)no1. The summed E-state index contributed by atoms with van der Waals surface area (Å²) in [5.41, 5.74) is 3.17. The van der Waals surface area contributed by atoms with E-state index < -0.39 is 0 Å². The third-order valence-corrected chi connectivity index (χ3v) is 3.33. The highest BCUT2D eigenvalue weighted by atomic mass is 16.5. The highest BCUT2D eigenvalue weighted by Gasteiger charge is 2.13. The lowest BCUT2D eigenvalue weighted by molar-refractivity contribution is 0.0949. The van der Waals surface area contributed by atoms with Crippen LogP contribution >= 0.6 is 0 Å². The molecule has 1 aliphatic rings. The van der Waals surface area contributed by atoms with Gasteiger partial charge in [0.2, 0.25) is 5.89 Å². The standard InChI is InChI=1S/C14H16N4O2/c1-9-17-13(18-20-9)8-16-14(19)11-3-2-10-4-5-15-7-12(10)6-11/h2-3,6,15H,4-5,7-8H2,1H3,(H,16,19). The Hall–Kier alpha value is -2.21. The number of benzene rings is 1. The summed E-state index contributed by atoms with van der Waals surface area (Å²) in [4.78, 5) is 16.1. The molecule has 0 fully saturated rings. The molecule has 6 heteroatoms. The molecule has 1 amide bonds. The minimum absolute atomic E-state index is 0.124. The highest BCUT2D eigenvalue weighted by Crippen LogP contribution is 2.15. The molecule has 2 N–H and O–H groups in total. The Bertz CT molecular complexity index is 636. The third kappa shape index (κ3) is 2.70. The summed E-state index contributed by atoms with van der Waals surface area (Å²) in [6.45, 7) is 3.80. The van der Waals surface area contributed by atoms with Crippen LogP contribution in [0.3, 0.4) is 0 Å². The first-order chi connectivity index (χ1) is 9.72. The maximum atomic E-state index is 12.1. The van der Waals surface area contributed by atoms with Gasteiger partial charge in [0.25, 0.3) is 5.91 Å². The maximum absolute atomic E-state index is 12.1. The van der Waals surface area contributed by atoms with E-state index in [-0.39, 0.29) is 12.5 Å². The lowest BCUT2D eigenvalue weighted by Gasteiger charge is -2.17. The number of hydrogen-bond donors (Lipinski definition) is 2. The third-order valence-electron chi connectivity index (χ3n) is 3.33. The molecule has 0 spiro atoms. The van der Waals surface area contributed by atoms with Crippen LogP contribution < -0.4 is 10.6 Å². The van der Waals surface area contributed by atoms with Crippen LogP contribution in [0, 0.1) is 6.92 Å². The second-order valence-corrected chi connectivity index (χ2v) is 4.82. The summed E-state index contributed by atoms with van der Waals surface area (Å²) in [6, 6.07) is 5.84. The molecule has 0 saturated carbocycles. The van der Waals surface area contributed by atoms with Gasteiger partial charge in [0.15, 0.2) is 5.82 Å². The van der Waals surface area contributed by atoms with Gasteiger partial charge in [-0.3, -0.25) is 4.79 Å². The van der Waals surface area contributed by atoms with Gasteiger partial charge in [-0.05, 0) is 36.2 Å². The van der Waals surface area contributed by atoms with Crippen LogP contribution in [0.2, 0.25) is 0 Å². The van der Waals surface area contributed by atoms with Crippen LogP contribution in [0.4, 0.5) is 0 Å². The fraction of sp³-hybridized carbons (Fsp3) is 0.357. The number of rotatable bonds is 3. The molecule has 2 heterocycles. The van der Waals surface area contributed by atoms with Crippen LogP contribution in [0.1, 0.15) is 33.2 Å². The van der Waals surface area contributed by atoms with Crippen LogP contribution in [0.5, 0.6) is 0 Å². The fourth-order valence-corrected chi connectivity index (χ4v) is 2.30. The summed E-state index contributed by atoms with van der Waals surface area (Å²) < 4.78 is 4.86. The Morgan fingerprint density at radius 2 is 2.35 bits per heavy atom. The van der Waals surface area contributed by atoms with Crippen molar-refractivity contribution in [2.75, 3.05) is 6.54 Å². The van der Waals surface area contributed by atoms with Crippen LogP contribution in [0.25, 0.3) is 0 Å². The van der Waals surface area contributed by atoms with Crippen molar-refractivity contribution in [3.8, 4) is 0 Å². The second-order valence-electron chi connectivity index (χ2n) is 4.82. The molecule has 1 aliphatic heterocycles. The van der Waals surface area contributed by atoms with E-state index in [1.54, 1.807) is 6.92 Å². The van der Waals surface area contributed by atoms with Crippen LogP contribution in [0.15, 0.2) is 22.7 Å². The molecule has 3 rings (SSSR count). The van der Waals surface area contributed by atoms with Crippen molar-refractivity contribution in [2.24, 2.45) is 0 Å². The van der Waals surface area contributed by atoms with Crippen molar-refractivity contribution in [3.05, 3.63) is 46.6 Å². The van der Waals surface area contributed by atoms with Crippen molar-refractivity contribution >= 4 is 5.91 Å². The van der Waals surface area contributed by atoms with Crippen LogP contribution in [-0.2, 0) is 19.5 Å². The zero-order chi connectivity index (χ0) is 13.9. The first kappa shape index (κ1) is 12.8. The van der Waals surface area contributed by atoms with E-state index in [1.165, 1.54) is 11.1 Å². The van der Waals surface area contributed by atoms with E-state index in [0.717, 1.165) is 19.5 Å². The Morgan fingerprint density at radius 1 is 1.45 bits per heavy atom. The molecule has 0 radical (unpaired) electrons. The largest absolute Gasteiger partial charge is 0.345 e. The van der Waals surface area contributed by atoms with Crippen LogP contribution in [-0.4, -0.2) is 22.6 Å². The van der Waals surface area contributed by atoms with E-state index in [4.69, 9.17) is 4.52 Å². The van der Waals surface area contributed by atoms with Gasteiger partial charge in [-0.25, -0.2) is 0 Å². The smallest absolute Gasteiger partial charge is 0.251 e. The molecule has 1 aromatic carbocycles. The van der Waals surface area contributed by atoms with E-state index in [9.17, 15) is 4.79 Å². The van der Waals surface area contributed by atoms with Gasteiger partial charge in [0.1, 0.15) is 0 Å². The fourth-order valence-electron chi connectivity index (χ4n) is 2.30. The lowest BCUT2D eigenvalue weighted by atomic mass is 9.98. The molecule has 0 saturated heterocycles. The monoisotopic (exact) mass is 272 g/mol. The van der Waals surface area contributed by atoms with Crippen molar-refractivity contribution in [1.82, 2.24) is 20.8 Å². The number of nitrogens with one attached hydrogen (secondary N) is 2. The molecular formula is C14H16N4O2. The number of nitrogens with zero attached hydrogens (tertiary/aromatic N) is 2. The normalized spacial score (nSPS) is 13.8. The lowest BCUT2D eigenvalue weighted by Crippen LogP contribution is -2.26. The van der Waals surface area contributed by atoms with Gasteiger partial charge in [0.05, 0.1) is 6.54 Å². The van der Waals surface area contributed by atoms with Crippen molar-refractivity contribution in [3.63, 3.8) is 0 Å². The predicted octanol–water partition coefficient (Wildman–Crippen LogP) is 0.954. The average molecular weight is 272 g/mol. The van der Waals surface area contributed by atoms with Gasteiger partial charge in [-0.15, -0.1) is 0 Å². The van der Waals surface area contributed by atoms with Crippen molar-refractivity contribution in [2.45, 2.75) is 26.4 Å². The molecule has 0 unspecified atom stereocenters. The zero-order valence-corrected chi connectivity index (χ0v) is 11.3. The summed E-state index contributed by atoms with van der Waals surface area (Å²) in [7, 11) is 0. The number of aromatic nitrogens is 2. The van der Waals surface area contributed by atoms with E-state index in [2.05, 4.69) is 20.8 Å². The summed E-state index contributed by atoms with van der Waals surface area (Å²) in [6.07, 6.45) is 1.01. The summed E-state index contributed by atoms with van der Waals surface area (Å²) in [5.74, 6) is 0.852. The zero-order valence-electron chi connectivity index (χ0n) is 11.3. The minimum atomic E-state index is -0.124. The van der Waals surface area contributed by atoms with E-state index in [1.807, 2.05) is 18.2 Å². The molecule has 2 aromatic rings. The molecule has 1 aromatic heterocycles. The Morgan fingerprint density at radius 3 is 3.15 bits per heavy atom. The van der Waals surface area contributed by atoms with E-state index >= 15 is 0 Å². The molecule has 104 valence electrons. The molecule has 0 atom stereocenters. The number of carbonyl (C=O) groups excluding carboxylic acids is 1. The van der Waals surface area contributed by atoms with Gasteiger partial charge < -0.3 is 15.2 Å². The number of aryl methyl sites for hydroxylation is 1. The summed E-state index contributed by atoms with van der Waals surface area (Å²) >= 11 is 0. The van der Waals surface area contributed by atoms with Gasteiger partial charge in [0, 0.05) is 19.0 Å². The minimum Gasteiger partial charge on any atom is -0.345 e. The first-order valence-electron chi connectivity index (χ1n) is 6.62. The molecular weight excluding hydrogens is 256 g/mol. The number of amides is 1.